The molecule has 2 aliphatic heterocycles. The van der Waals surface area contributed by atoms with E-state index in [4.69, 9.17) is 5.11 Å². The van der Waals surface area contributed by atoms with Crippen LogP contribution in [0.2, 0.25) is 0 Å². The summed E-state index contributed by atoms with van der Waals surface area (Å²) in [5.41, 5.74) is 0. The molecule has 2 N–H and O–H groups in total. The molecule has 2 fully saturated rings. The lowest BCUT2D eigenvalue weighted by molar-refractivity contribution is -0.138. The lowest BCUT2D eigenvalue weighted by Gasteiger charge is -2.29. The SMILES string of the molecule is O=C([C@H]1CCCNC1)N1CC(F)(F)C[C@H]1CO. The third-order valence-corrected chi connectivity index (χ3v) is 3.52. The average molecular weight is 248 g/mol. The molecule has 0 aromatic rings. The second kappa shape index (κ2) is 4.86. The molecule has 0 bridgehead atoms. The molecule has 0 unspecified atom stereocenters. The van der Waals surface area contributed by atoms with Gasteiger partial charge >= 0.3 is 0 Å². The number of aliphatic hydroxyl groups excluding tert-OH is 1. The Morgan fingerprint density at radius 3 is 2.88 bits per heavy atom. The molecule has 2 rings (SSSR count). The van der Waals surface area contributed by atoms with Crippen molar-refractivity contribution in [3.05, 3.63) is 0 Å². The van der Waals surface area contributed by atoms with Gasteiger partial charge < -0.3 is 15.3 Å². The molecule has 0 aromatic heterocycles. The van der Waals surface area contributed by atoms with Gasteiger partial charge in [0.25, 0.3) is 5.92 Å². The number of carbonyl (C=O) groups excluding carboxylic acids is 1. The van der Waals surface area contributed by atoms with Gasteiger partial charge in [-0.2, -0.15) is 0 Å². The zero-order chi connectivity index (χ0) is 12.5. The van der Waals surface area contributed by atoms with Gasteiger partial charge in [-0.1, -0.05) is 0 Å². The van der Waals surface area contributed by atoms with Crippen LogP contribution in [0.3, 0.4) is 0 Å². The maximum absolute atomic E-state index is 13.2. The van der Waals surface area contributed by atoms with Crippen molar-refractivity contribution in [2.45, 2.75) is 31.2 Å². The van der Waals surface area contributed by atoms with Gasteiger partial charge in [0.15, 0.2) is 0 Å². The van der Waals surface area contributed by atoms with Crippen molar-refractivity contribution >= 4 is 5.91 Å². The summed E-state index contributed by atoms with van der Waals surface area (Å²) in [6, 6.07) is -0.723. The fourth-order valence-electron chi connectivity index (χ4n) is 2.62. The molecule has 2 saturated heterocycles. The van der Waals surface area contributed by atoms with Crippen LogP contribution in [0.25, 0.3) is 0 Å². The van der Waals surface area contributed by atoms with Gasteiger partial charge in [-0.25, -0.2) is 8.78 Å². The summed E-state index contributed by atoms with van der Waals surface area (Å²) < 4.78 is 26.5. The quantitative estimate of drug-likeness (QED) is 0.735. The minimum absolute atomic E-state index is 0.216. The number of piperidine rings is 1. The summed E-state index contributed by atoms with van der Waals surface area (Å²) in [6.07, 6.45) is 1.21. The van der Waals surface area contributed by atoms with Crippen molar-refractivity contribution in [3.63, 3.8) is 0 Å². The number of hydrogen-bond acceptors (Lipinski definition) is 3. The lowest BCUT2D eigenvalue weighted by Crippen LogP contribution is -2.46. The van der Waals surface area contributed by atoms with Crippen LogP contribution in [0.5, 0.6) is 0 Å². The van der Waals surface area contributed by atoms with Crippen molar-refractivity contribution in [2.24, 2.45) is 5.92 Å². The molecule has 6 heteroatoms. The van der Waals surface area contributed by atoms with Crippen LogP contribution >= 0.6 is 0 Å². The molecule has 0 radical (unpaired) electrons. The number of aliphatic hydroxyl groups is 1. The Morgan fingerprint density at radius 2 is 2.29 bits per heavy atom. The third kappa shape index (κ3) is 2.74. The number of nitrogens with zero attached hydrogens (tertiary/aromatic N) is 1. The summed E-state index contributed by atoms with van der Waals surface area (Å²) in [4.78, 5) is 13.3. The number of rotatable bonds is 2. The Hall–Kier alpha value is -0.750. The van der Waals surface area contributed by atoms with Gasteiger partial charge in [-0.15, -0.1) is 0 Å². The number of hydrogen-bond donors (Lipinski definition) is 2. The van der Waals surface area contributed by atoms with E-state index in [0.717, 1.165) is 24.3 Å². The molecule has 2 atom stereocenters. The minimum atomic E-state index is -2.86. The predicted molar refractivity (Wildman–Crippen MR) is 57.7 cm³/mol. The van der Waals surface area contributed by atoms with E-state index in [-0.39, 0.29) is 18.4 Å². The molecule has 1 amide bonds. The van der Waals surface area contributed by atoms with Crippen LogP contribution in [0.15, 0.2) is 0 Å². The highest BCUT2D eigenvalue weighted by Crippen LogP contribution is 2.33. The zero-order valence-electron chi connectivity index (χ0n) is 9.66. The van der Waals surface area contributed by atoms with Crippen LogP contribution in [0.1, 0.15) is 19.3 Å². The van der Waals surface area contributed by atoms with Crippen LogP contribution < -0.4 is 5.32 Å². The number of carbonyl (C=O) groups is 1. The number of likely N-dealkylation sites (tertiary alicyclic amines) is 1. The van der Waals surface area contributed by atoms with E-state index >= 15 is 0 Å². The highest BCUT2D eigenvalue weighted by Gasteiger charge is 2.47. The van der Waals surface area contributed by atoms with E-state index in [1.54, 1.807) is 0 Å². The van der Waals surface area contributed by atoms with E-state index in [9.17, 15) is 13.6 Å². The van der Waals surface area contributed by atoms with E-state index in [1.165, 1.54) is 0 Å². The topological polar surface area (TPSA) is 52.6 Å². The van der Waals surface area contributed by atoms with E-state index in [2.05, 4.69) is 5.32 Å². The highest BCUT2D eigenvalue weighted by atomic mass is 19.3. The highest BCUT2D eigenvalue weighted by molar-refractivity contribution is 5.80. The zero-order valence-corrected chi connectivity index (χ0v) is 9.66. The van der Waals surface area contributed by atoms with E-state index in [1.807, 2.05) is 0 Å². The maximum Gasteiger partial charge on any atom is 0.267 e. The molecule has 0 spiro atoms. The third-order valence-electron chi connectivity index (χ3n) is 3.52. The molecule has 4 nitrogen and oxygen atoms in total. The Labute approximate surface area is 99.0 Å². The number of amides is 1. The van der Waals surface area contributed by atoms with Crippen molar-refractivity contribution < 1.29 is 18.7 Å². The van der Waals surface area contributed by atoms with Crippen molar-refractivity contribution in [3.8, 4) is 0 Å². The first kappa shape index (κ1) is 12.7. The molecule has 0 aliphatic carbocycles. The van der Waals surface area contributed by atoms with Crippen LogP contribution in [-0.2, 0) is 4.79 Å². The summed E-state index contributed by atoms with van der Waals surface area (Å²) >= 11 is 0. The molecular weight excluding hydrogens is 230 g/mol. The number of halogens is 2. The molecule has 2 aliphatic rings. The maximum atomic E-state index is 13.2. The van der Waals surface area contributed by atoms with Crippen LogP contribution in [-0.4, -0.2) is 54.1 Å². The van der Waals surface area contributed by atoms with Gasteiger partial charge in [-0.05, 0) is 19.4 Å². The fraction of sp³-hybridized carbons (Fsp3) is 0.909. The summed E-state index contributed by atoms with van der Waals surface area (Å²) in [5, 5.41) is 12.2. The fourth-order valence-corrected chi connectivity index (χ4v) is 2.62. The summed E-state index contributed by atoms with van der Waals surface area (Å²) in [7, 11) is 0. The first-order valence-electron chi connectivity index (χ1n) is 6.03. The van der Waals surface area contributed by atoms with Gasteiger partial charge in [-0.3, -0.25) is 4.79 Å². The van der Waals surface area contributed by atoms with Gasteiger partial charge in [0.2, 0.25) is 5.91 Å². The largest absolute Gasteiger partial charge is 0.394 e. The number of alkyl halides is 2. The van der Waals surface area contributed by atoms with Crippen molar-refractivity contribution in [1.29, 1.82) is 0 Å². The first-order valence-corrected chi connectivity index (χ1v) is 6.03. The van der Waals surface area contributed by atoms with Crippen molar-refractivity contribution in [2.75, 3.05) is 26.2 Å². The van der Waals surface area contributed by atoms with Crippen LogP contribution in [0, 0.1) is 5.92 Å². The normalized spacial score (nSPS) is 32.8. The molecule has 98 valence electrons. The summed E-state index contributed by atoms with van der Waals surface area (Å²) in [6.45, 7) is 0.497. The summed E-state index contributed by atoms with van der Waals surface area (Å²) in [5.74, 6) is -3.31. The van der Waals surface area contributed by atoms with Gasteiger partial charge in [0.05, 0.1) is 25.1 Å². The number of nitrogens with one attached hydrogen (secondary N) is 1. The van der Waals surface area contributed by atoms with Gasteiger partial charge in [0.1, 0.15) is 0 Å². The molecule has 17 heavy (non-hydrogen) atoms. The molecular formula is C11H18F2N2O2. The second-order valence-corrected chi connectivity index (χ2v) is 4.91. The Morgan fingerprint density at radius 1 is 1.53 bits per heavy atom. The minimum Gasteiger partial charge on any atom is -0.394 e. The Bertz CT molecular complexity index is 293. The van der Waals surface area contributed by atoms with Crippen LogP contribution in [0.4, 0.5) is 8.78 Å². The lowest BCUT2D eigenvalue weighted by atomic mass is 9.98. The molecule has 2 heterocycles. The Balaban J connectivity index is 2.02. The standard InChI is InChI=1S/C11H18F2N2O2/c12-11(13)4-9(6-16)15(7-11)10(17)8-2-1-3-14-5-8/h8-9,14,16H,1-7H2/t8-,9-/m0/s1. The first-order chi connectivity index (χ1) is 8.03. The smallest absolute Gasteiger partial charge is 0.267 e. The predicted octanol–water partition coefficient (Wildman–Crippen LogP) is 0.214. The van der Waals surface area contributed by atoms with E-state index < -0.39 is 24.9 Å². The average Bonchev–Trinajstić information content (AvgIpc) is 2.65. The molecule has 0 saturated carbocycles. The molecule has 0 aromatic carbocycles. The second-order valence-electron chi connectivity index (χ2n) is 4.91. The van der Waals surface area contributed by atoms with E-state index in [0.29, 0.717) is 6.54 Å². The Kier molecular flexibility index (Phi) is 3.63. The van der Waals surface area contributed by atoms with Gasteiger partial charge in [0, 0.05) is 13.0 Å². The van der Waals surface area contributed by atoms with Crippen molar-refractivity contribution in [1.82, 2.24) is 10.2 Å². The monoisotopic (exact) mass is 248 g/mol.